The van der Waals surface area contributed by atoms with Gasteiger partial charge in [0.25, 0.3) is 0 Å². The van der Waals surface area contributed by atoms with E-state index in [4.69, 9.17) is 0 Å². The number of anilines is 1. The maximum Gasteiger partial charge on any atom is 0.0708 e. The highest BCUT2D eigenvalue weighted by Crippen LogP contribution is 2.67. The normalized spacial score (nSPS) is 24.9. The van der Waals surface area contributed by atoms with Crippen LogP contribution >= 0.6 is 0 Å². The van der Waals surface area contributed by atoms with Crippen molar-refractivity contribution >= 4 is 16.8 Å². The second-order valence-corrected chi connectivity index (χ2v) is 16.4. The van der Waals surface area contributed by atoms with Crippen LogP contribution in [0.1, 0.15) is 82.3 Å². The van der Waals surface area contributed by atoms with Gasteiger partial charge in [0.1, 0.15) is 0 Å². The second-order valence-electron chi connectivity index (χ2n) is 16.4. The lowest BCUT2D eigenvalue weighted by molar-refractivity contribution is 0.409. The molecule has 0 radical (unpaired) electrons. The molecular weight excluding hydrogens is 651 g/mol. The van der Waals surface area contributed by atoms with Crippen LogP contribution in [0.3, 0.4) is 0 Å². The first-order valence-electron chi connectivity index (χ1n) is 19.6. The minimum atomic E-state index is -0.538. The quantitative estimate of drug-likeness (QED) is 0.190. The first kappa shape index (κ1) is 31.6. The number of rotatable bonds is 5. The Balaban J connectivity index is 1.13. The molecule has 0 fully saturated rings. The van der Waals surface area contributed by atoms with Gasteiger partial charge < -0.3 is 5.32 Å². The van der Waals surface area contributed by atoms with Crippen LogP contribution in [0.5, 0.6) is 0 Å². The van der Waals surface area contributed by atoms with Gasteiger partial charge in [-0.1, -0.05) is 178 Å². The van der Waals surface area contributed by atoms with Gasteiger partial charge in [-0.2, -0.15) is 0 Å². The smallest absolute Gasteiger partial charge is 0.0708 e. The number of nitrogens with one attached hydrogen (secondary N) is 1. The minimum absolute atomic E-state index is 0.0791. The largest absolute Gasteiger partial charge is 0.359 e. The van der Waals surface area contributed by atoms with E-state index in [1.54, 1.807) is 0 Å². The summed E-state index contributed by atoms with van der Waals surface area (Å²) in [6.45, 7) is 4.84. The van der Waals surface area contributed by atoms with Crippen LogP contribution in [0.4, 0.5) is 5.69 Å². The fourth-order valence-electron chi connectivity index (χ4n) is 11.5. The van der Waals surface area contributed by atoms with E-state index in [0.29, 0.717) is 11.8 Å². The number of fused-ring (bicyclic) bond motifs is 8. The topological polar surface area (TPSA) is 12.0 Å². The van der Waals surface area contributed by atoms with Crippen molar-refractivity contribution in [3.8, 4) is 0 Å². The Labute approximate surface area is 319 Å². The van der Waals surface area contributed by atoms with E-state index in [9.17, 15) is 0 Å². The Hall–Kier alpha value is -5.92. The molecule has 4 unspecified atom stereocenters. The van der Waals surface area contributed by atoms with Gasteiger partial charge >= 0.3 is 0 Å². The zero-order valence-corrected chi connectivity index (χ0v) is 30.9. The molecule has 0 saturated carbocycles. The van der Waals surface area contributed by atoms with Crippen molar-refractivity contribution in [3.05, 3.63) is 243 Å². The minimum Gasteiger partial charge on any atom is -0.359 e. The van der Waals surface area contributed by atoms with Gasteiger partial charge in [0.05, 0.1) is 10.8 Å². The molecule has 0 heterocycles. The highest BCUT2D eigenvalue weighted by atomic mass is 14.9. The van der Waals surface area contributed by atoms with Gasteiger partial charge in [0.2, 0.25) is 0 Å². The van der Waals surface area contributed by atoms with Crippen LogP contribution < -0.4 is 5.32 Å². The Morgan fingerprint density at radius 2 is 1.15 bits per heavy atom. The van der Waals surface area contributed by atoms with Crippen LogP contribution in [0, 0.1) is 11.8 Å². The summed E-state index contributed by atoms with van der Waals surface area (Å²) in [5, 5.41) is 3.96. The lowest BCUT2D eigenvalue weighted by atomic mass is 9.50. The van der Waals surface area contributed by atoms with Crippen LogP contribution in [-0.4, -0.2) is 0 Å². The summed E-state index contributed by atoms with van der Waals surface area (Å²) in [6.07, 6.45) is 13.7. The summed E-state index contributed by atoms with van der Waals surface area (Å²) >= 11 is 0. The average Bonchev–Trinajstić information content (AvgIpc) is 3.66. The molecule has 6 aromatic rings. The van der Waals surface area contributed by atoms with E-state index in [-0.39, 0.29) is 10.8 Å². The number of allylic oxidation sites excluding steroid dienone is 8. The predicted octanol–water partition coefficient (Wildman–Crippen LogP) is 12.4. The maximum atomic E-state index is 3.96. The van der Waals surface area contributed by atoms with Crippen molar-refractivity contribution in [2.45, 2.75) is 42.9 Å². The van der Waals surface area contributed by atoms with Gasteiger partial charge in [0, 0.05) is 17.3 Å². The van der Waals surface area contributed by atoms with Gasteiger partial charge in [-0.25, -0.2) is 0 Å². The first-order chi connectivity index (χ1) is 26.5. The van der Waals surface area contributed by atoms with Gasteiger partial charge in [-0.3, -0.25) is 0 Å². The molecule has 5 aliphatic carbocycles. The van der Waals surface area contributed by atoms with Crippen molar-refractivity contribution in [3.63, 3.8) is 0 Å². The summed E-state index contributed by atoms with van der Waals surface area (Å²) < 4.78 is 0. The first-order valence-corrected chi connectivity index (χ1v) is 19.6. The monoisotopic (exact) mass is 693 g/mol. The highest BCUT2D eigenvalue weighted by molar-refractivity contribution is 5.89. The third-order valence-electron chi connectivity index (χ3n) is 13.7. The fraction of sp³-hybridized carbons (Fsp3) is 0.170. The molecule has 1 N–H and O–H groups in total. The van der Waals surface area contributed by atoms with Crippen molar-refractivity contribution in [1.29, 1.82) is 0 Å². The van der Waals surface area contributed by atoms with Crippen molar-refractivity contribution in [1.82, 2.24) is 0 Å². The summed E-state index contributed by atoms with van der Waals surface area (Å²) in [6, 6.07) is 57.5. The molecule has 1 heteroatoms. The summed E-state index contributed by atoms with van der Waals surface area (Å²) in [5.74, 6) is 0.753. The number of hydrogen-bond acceptors (Lipinski definition) is 1. The highest BCUT2D eigenvalue weighted by Gasteiger charge is 2.60. The Morgan fingerprint density at radius 3 is 1.96 bits per heavy atom. The van der Waals surface area contributed by atoms with Crippen molar-refractivity contribution < 1.29 is 0 Å². The van der Waals surface area contributed by atoms with E-state index in [1.165, 1.54) is 72.5 Å². The lowest BCUT2D eigenvalue weighted by Crippen LogP contribution is -2.46. The summed E-state index contributed by atoms with van der Waals surface area (Å²) in [5.41, 5.74) is 18.4. The lowest BCUT2D eigenvalue weighted by Gasteiger charge is -2.51. The van der Waals surface area contributed by atoms with E-state index < -0.39 is 5.41 Å². The molecule has 0 spiro atoms. The maximum absolute atomic E-state index is 3.96. The zero-order valence-electron chi connectivity index (χ0n) is 30.9. The third kappa shape index (κ3) is 4.05. The molecule has 11 rings (SSSR count). The molecule has 0 bridgehead atoms. The molecule has 0 aliphatic heterocycles. The van der Waals surface area contributed by atoms with Crippen LogP contribution in [-0.2, 0) is 16.2 Å². The predicted molar refractivity (Wildman–Crippen MR) is 224 cm³/mol. The fourth-order valence-corrected chi connectivity index (χ4v) is 11.5. The SMILES string of the molecule is CC1(C)c2ccccc2C2=CC=C(Nc3cccc(C4(c5ccccc5)c5ccccc5C5(c6ccccc6)c6c(cccc64)C4=CC=CCC45)c3)CC21. The molecule has 0 saturated heterocycles. The summed E-state index contributed by atoms with van der Waals surface area (Å²) in [7, 11) is 0. The Bertz CT molecular complexity index is 2620. The van der Waals surface area contributed by atoms with E-state index in [1.807, 2.05) is 0 Å². The van der Waals surface area contributed by atoms with E-state index >= 15 is 0 Å². The van der Waals surface area contributed by atoms with Crippen LogP contribution in [0.15, 0.2) is 188 Å². The molecule has 260 valence electrons. The van der Waals surface area contributed by atoms with Crippen LogP contribution in [0.2, 0.25) is 0 Å². The molecule has 5 aliphatic rings. The average molecular weight is 694 g/mol. The third-order valence-corrected chi connectivity index (χ3v) is 13.7. The van der Waals surface area contributed by atoms with E-state index in [0.717, 1.165) is 18.5 Å². The molecular formula is C53H43N. The standard InChI is InChI=1S/C53H43N/c1-51(2)44-26-11-9-23-40(44)42-32-31-39(34-49(42)51)54-38-22-15-21-37(33-38)52(35-17-5-3-6-18-35)46-28-13-14-29-47(46)53(36-19-7-4-8-20-36)45-27-12-10-24-41(45)43-25-16-30-48(52)50(43)53/h3-26,28-33,45,49,54H,27,34H2,1-2H3. The van der Waals surface area contributed by atoms with Crippen molar-refractivity contribution in [2.24, 2.45) is 11.8 Å². The molecule has 54 heavy (non-hydrogen) atoms. The molecule has 6 aromatic carbocycles. The number of benzene rings is 6. The van der Waals surface area contributed by atoms with Gasteiger partial charge in [-0.05, 0) is 109 Å². The Kier molecular flexibility index (Phi) is 6.75. The van der Waals surface area contributed by atoms with Gasteiger partial charge in [0.15, 0.2) is 0 Å². The molecule has 0 amide bonds. The summed E-state index contributed by atoms with van der Waals surface area (Å²) in [4.78, 5) is 0. The Morgan fingerprint density at radius 1 is 0.519 bits per heavy atom. The van der Waals surface area contributed by atoms with Crippen molar-refractivity contribution in [2.75, 3.05) is 5.32 Å². The van der Waals surface area contributed by atoms with Gasteiger partial charge in [-0.15, -0.1) is 0 Å². The molecule has 4 atom stereocenters. The zero-order chi connectivity index (χ0) is 36.1. The van der Waals surface area contributed by atoms with E-state index in [2.05, 4.69) is 201 Å². The molecule has 0 aromatic heterocycles. The second kappa shape index (κ2) is 11.5. The van der Waals surface area contributed by atoms with Crippen LogP contribution in [0.25, 0.3) is 11.1 Å². The number of hydrogen-bond donors (Lipinski definition) is 1. The molecule has 1 nitrogen and oxygen atoms in total.